The summed E-state index contributed by atoms with van der Waals surface area (Å²) in [5, 5.41) is -1.68. The third-order valence-corrected chi connectivity index (χ3v) is 6.66. The first-order valence-corrected chi connectivity index (χ1v) is 14.5. The Morgan fingerprint density at radius 3 is 1.53 bits per heavy atom. The second-order valence-electron chi connectivity index (χ2n) is 9.71. The van der Waals surface area contributed by atoms with Gasteiger partial charge in [0.2, 0.25) is 0 Å². The molecule has 1 N–H and O–H groups in total. The van der Waals surface area contributed by atoms with Crippen molar-refractivity contribution in [2.24, 2.45) is 5.41 Å². The molecule has 0 radical (unpaired) electrons. The van der Waals surface area contributed by atoms with Crippen LogP contribution in [-0.4, -0.2) is 38.3 Å². The molecule has 214 valence electrons. The van der Waals surface area contributed by atoms with Crippen molar-refractivity contribution in [1.29, 1.82) is 0 Å². The number of ether oxygens (including phenoxy) is 1. The van der Waals surface area contributed by atoms with Crippen molar-refractivity contribution >= 4 is 16.1 Å². The largest absolute Gasteiger partial charge is 0.465 e. The van der Waals surface area contributed by atoms with E-state index in [0.717, 1.165) is 44.9 Å². The Hall–Kier alpha value is -1.33. The lowest BCUT2D eigenvalue weighted by Crippen LogP contribution is -2.26. The SMILES string of the molecule is CCC(C)(C)C(=O)OCCCCCCCCCCCCCCCCOO/C(=C\C(F)(F)F)S(=O)(=O)O. The van der Waals surface area contributed by atoms with Gasteiger partial charge in [-0.05, 0) is 33.1 Å². The fourth-order valence-electron chi connectivity index (χ4n) is 3.26. The predicted molar refractivity (Wildman–Crippen MR) is 132 cm³/mol. The van der Waals surface area contributed by atoms with Gasteiger partial charge in [-0.3, -0.25) is 9.35 Å². The zero-order valence-corrected chi connectivity index (χ0v) is 22.9. The van der Waals surface area contributed by atoms with Crippen LogP contribution < -0.4 is 0 Å². The smallest absolute Gasteiger partial charge is 0.414 e. The van der Waals surface area contributed by atoms with Crippen molar-refractivity contribution in [1.82, 2.24) is 0 Å². The van der Waals surface area contributed by atoms with Gasteiger partial charge in [0, 0.05) is 0 Å². The van der Waals surface area contributed by atoms with Crippen molar-refractivity contribution in [3.8, 4) is 0 Å². The maximum Gasteiger partial charge on any atom is 0.414 e. The van der Waals surface area contributed by atoms with Crippen LogP contribution in [-0.2, 0) is 29.4 Å². The zero-order valence-electron chi connectivity index (χ0n) is 22.0. The van der Waals surface area contributed by atoms with Gasteiger partial charge in [-0.2, -0.15) is 26.5 Å². The standard InChI is InChI=1S/C25H45F3O7S/c1-4-24(2,3)23(29)33-19-17-15-13-11-9-7-5-6-8-10-12-14-16-18-20-34-35-22(36(30,31)32)21-25(26,27)28/h21H,4-20H2,1-3H3,(H,30,31,32)/b22-21+. The molecule has 0 bridgehead atoms. The van der Waals surface area contributed by atoms with Crippen LogP contribution in [0.25, 0.3) is 0 Å². The lowest BCUT2D eigenvalue weighted by molar-refractivity contribution is -0.256. The van der Waals surface area contributed by atoms with Crippen LogP contribution in [0.4, 0.5) is 13.2 Å². The Balaban J connectivity index is 3.48. The molecule has 0 spiro atoms. The number of esters is 1. The molecular weight excluding hydrogens is 501 g/mol. The minimum atomic E-state index is -5.15. The second kappa shape index (κ2) is 18.8. The van der Waals surface area contributed by atoms with Crippen LogP contribution >= 0.6 is 0 Å². The van der Waals surface area contributed by atoms with Gasteiger partial charge in [-0.1, -0.05) is 84.0 Å². The van der Waals surface area contributed by atoms with Gasteiger partial charge in [0.25, 0.3) is 5.09 Å². The summed E-state index contributed by atoms with van der Waals surface area (Å²) in [6.07, 6.45) is 9.96. The zero-order chi connectivity index (χ0) is 27.5. The number of hydrogen-bond acceptors (Lipinski definition) is 6. The van der Waals surface area contributed by atoms with Gasteiger partial charge in [0.1, 0.15) is 0 Å². The van der Waals surface area contributed by atoms with E-state index in [2.05, 4.69) is 9.78 Å². The van der Waals surface area contributed by atoms with Crippen LogP contribution in [0.5, 0.6) is 0 Å². The summed E-state index contributed by atoms with van der Waals surface area (Å²) >= 11 is 0. The maximum atomic E-state index is 12.2. The molecule has 0 heterocycles. The van der Waals surface area contributed by atoms with E-state index in [0.29, 0.717) is 13.0 Å². The van der Waals surface area contributed by atoms with Crippen LogP contribution in [0.2, 0.25) is 0 Å². The number of carbonyl (C=O) groups is 1. The lowest BCUT2D eigenvalue weighted by atomic mass is 9.91. The van der Waals surface area contributed by atoms with E-state index in [-0.39, 0.29) is 12.6 Å². The van der Waals surface area contributed by atoms with Crippen molar-refractivity contribution in [2.45, 2.75) is 123 Å². The number of carbonyl (C=O) groups excluding carboxylic acids is 1. The summed E-state index contributed by atoms with van der Waals surface area (Å²) < 4.78 is 72.4. The highest BCUT2D eigenvalue weighted by Crippen LogP contribution is 2.22. The molecule has 0 amide bonds. The first-order chi connectivity index (χ1) is 16.8. The minimum absolute atomic E-state index is 0.0765. The average Bonchev–Trinajstić information content (AvgIpc) is 2.78. The second-order valence-corrected chi connectivity index (χ2v) is 11.1. The van der Waals surface area contributed by atoms with E-state index in [9.17, 15) is 26.4 Å². The Labute approximate surface area is 214 Å². The van der Waals surface area contributed by atoms with E-state index < -0.39 is 32.9 Å². The van der Waals surface area contributed by atoms with Crippen LogP contribution in [0.1, 0.15) is 117 Å². The molecule has 0 rings (SSSR count). The van der Waals surface area contributed by atoms with Crippen LogP contribution in [0.3, 0.4) is 0 Å². The number of hydrogen-bond donors (Lipinski definition) is 1. The molecule has 0 atom stereocenters. The maximum absolute atomic E-state index is 12.2. The third-order valence-electron chi connectivity index (χ3n) is 5.97. The molecular formula is C25H45F3O7S. The molecule has 36 heavy (non-hydrogen) atoms. The quantitative estimate of drug-likeness (QED) is 0.0371. The molecule has 0 aromatic carbocycles. The molecule has 0 aliphatic carbocycles. The Morgan fingerprint density at radius 2 is 1.17 bits per heavy atom. The first-order valence-electron chi connectivity index (χ1n) is 13.0. The molecule has 0 unspecified atom stereocenters. The topological polar surface area (TPSA) is 99.1 Å². The molecule has 0 saturated carbocycles. The number of unbranched alkanes of at least 4 members (excludes halogenated alkanes) is 13. The molecule has 0 aromatic rings. The van der Waals surface area contributed by atoms with Gasteiger partial charge in [0.15, 0.2) is 0 Å². The van der Waals surface area contributed by atoms with Crippen molar-refractivity contribution in [3.63, 3.8) is 0 Å². The van der Waals surface area contributed by atoms with Gasteiger partial charge in [0.05, 0.1) is 24.7 Å². The molecule has 0 aliphatic heterocycles. The average molecular weight is 547 g/mol. The highest BCUT2D eigenvalue weighted by atomic mass is 32.2. The summed E-state index contributed by atoms with van der Waals surface area (Å²) in [5.74, 6) is -0.110. The van der Waals surface area contributed by atoms with Gasteiger partial charge in [-0.15, -0.1) is 0 Å². The molecule has 0 aliphatic rings. The fourth-order valence-corrected chi connectivity index (χ4v) is 3.68. The van der Waals surface area contributed by atoms with Crippen LogP contribution in [0.15, 0.2) is 11.2 Å². The van der Waals surface area contributed by atoms with E-state index in [4.69, 9.17) is 9.29 Å². The van der Waals surface area contributed by atoms with Crippen molar-refractivity contribution in [2.75, 3.05) is 13.2 Å². The summed E-state index contributed by atoms with van der Waals surface area (Å²) in [7, 11) is -5.15. The third kappa shape index (κ3) is 19.8. The number of rotatable bonds is 22. The lowest BCUT2D eigenvalue weighted by Gasteiger charge is -2.20. The predicted octanol–water partition coefficient (Wildman–Crippen LogP) is 7.67. The van der Waals surface area contributed by atoms with Crippen LogP contribution in [0, 0.1) is 5.41 Å². The summed E-state index contributed by atoms with van der Waals surface area (Å²) in [4.78, 5) is 20.5. The van der Waals surface area contributed by atoms with E-state index in [1.165, 1.54) is 44.9 Å². The molecule has 7 nitrogen and oxygen atoms in total. The minimum Gasteiger partial charge on any atom is -0.465 e. The highest BCUT2D eigenvalue weighted by Gasteiger charge is 2.31. The first kappa shape index (κ1) is 34.7. The monoisotopic (exact) mass is 546 g/mol. The van der Waals surface area contributed by atoms with E-state index in [1.54, 1.807) is 0 Å². The molecule has 11 heteroatoms. The summed E-state index contributed by atoms with van der Waals surface area (Å²) in [5.41, 5.74) is -0.395. The number of halogens is 3. The Morgan fingerprint density at radius 1 is 0.778 bits per heavy atom. The Kier molecular flexibility index (Phi) is 18.1. The normalized spacial score (nSPS) is 13.1. The fraction of sp³-hybridized carbons (Fsp3) is 0.880. The Bertz CT molecular complexity index is 720. The van der Waals surface area contributed by atoms with Crippen molar-refractivity contribution < 1.29 is 45.4 Å². The number of alkyl halides is 3. The van der Waals surface area contributed by atoms with E-state index in [1.807, 2.05) is 20.8 Å². The summed E-state index contributed by atoms with van der Waals surface area (Å²) in [6.45, 7) is 6.24. The van der Waals surface area contributed by atoms with E-state index >= 15 is 0 Å². The van der Waals surface area contributed by atoms with Gasteiger partial charge >= 0.3 is 22.3 Å². The number of allylic oxidation sites excluding steroid dienone is 1. The molecule has 0 fully saturated rings. The van der Waals surface area contributed by atoms with Gasteiger partial charge < -0.3 is 9.62 Å². The van der Waals surface area contributed by atoms with Crippen molar-refractivity contribution in [3.05, 3.63) is 11.2 Å². The highest BCUT2D eigenvalue weighted by molar-refractivity contribution is 7.89. The summed E-state index contributed by atoms with van der Waals surface area (Å²) in [6, 6.07) is 0. The molecule has 0 saturated heterocycles. The van der Waals surface area contributed by atoms with Gasteiger partial charge in [-0.25, -0.2) is 0 Å². The molecule has 0 aromatic heterocycles.